The molecule has 1 atom stereocenters. The monoisotopic (exact) mass is 239 g/mol. The summed E-state index contributed by atoms with van der Waals surface area (Å²) in [6.07, 6.45) is 3.99. The molecule has 0 spiro atoms. The van der Waals surface area contributed by atoms with Gasteiger partial charge in [0, 0.05) is 13.0 Å². The predicted octanol–water partition coefficient (Wildman–Crippen LogP) is 2.90. The lowest BCUT2D eigenvalue weighted by molar-refractivity contribution is 0.0861. The third-order valence-electron chi connectivity index (χ3n) is 2.87. The molecule has 88 valence electrons. The van der Waals surface area contributed by atoms with E-state index in [0.29, 0.717) is 12.5 Å². The van der Waals surface area contributed by atoms with Crippen molar-refractivity contribution in [1.29, 1.82) is 0 Å². The van der Waals surface area contributed by atoms with Crippen LogP contribution in [0.1, 0.15) is 46.1 Å². The number of nitrogens with zero attached hydrogens (tertiary/aromatic N) is 1. The standard InChI is InChI=1S/C12H17NO2S/c1-8-12(16-9(2)13-8)11(14)6-5-10-4-3-7-15-10/h10H,3-7H2,1-2H3. The van der Waals surface area contributed by atoms with Gasteiger partial charge in [-0.1, -0.05) is 0 Å². The highest BCUT2D eigenvalue weighted by atomic mass is 32.1. The van der Waals surface area contributed by atoms with Crippen molar-refractivity contribution in [2.45, 2.75) is 45.6 Å². The van der Waals surface area contributed by atoms with Gasteiger partial charge in [0.15, 0.2) is 5.78 Å². The second kappa shape index (κ2) is 5.06. The van der Waals surface area contributed by atoms with Crippen LogP contribution in [0, 0.1) is 13.8 Å². The first-order valence-corrected chi connectivity index (χ1v) is 6.57. The van der Waals surface area contributed by atoms with Crippen molar-refractivity contribution in [2.24, 2.45) is 0 Å². The van der Waals surface area contributed by atoms with Crippen LogP contribution in [0.4, 0.5) is 0 Å². The smallest absolute Gasteiger partial charge is 0.174 e. The summed E-state index contributed by atoms with van der Waals surface area (Å²) in [5.41, 5.74) is 0.875. The van der Waals surface area contributed by atoms with Gasteiger partial charge in [-0.2, -0.15) is 0 Å². The van der Waals surface area contributed by atoms with Crippen molar-refractivity contribution in [3.63, 3.8) is 0 Å². The summed E-state index contributed by atoms with van der Waals surface area (Å²) in [6.45, 7) is 4.70. The number of carbonyl (C=O) groups excluding carboxylic acids is 1. The van der Waals surface area contributed by atoms with Crippen molar-refractivity contribution in [2.75, 3.05) is 6.61 Å². The molecule has 1 aliphatic heterocycles. The zero-order valence-electron chi connectivity index (χ0n) is 9.78. The Morgan fingerprint density at radius 2 is 2.38 bits per heavy atom. The van der Waals surface area contributed by atoms with Gasteiger partial charge in [-0.3, -0.25) is 4.79 Å². The summed E-state index contributed by atoms with van der Waals surface area (Å²) >= 11 is 1.50. The average Bonchev–Trinajstić information content (AvgIpc) is 2.84. The van der Waals surface area contributed by atoms with Crippen LogP contribution in [0.5, 0.6) is 0 Å². The summed E-state index contributed by atoms with van der Waals surface area (Å²) in [7, 11) is 0. The highest BCUT2D eigenvalue weighted by Gasteiger charge is 2.19. The lowest BCUT2D eigenvalue weighted by Gasteiger charge is -2.07. The van der Waals surface area contributed by atoms with Gasteiger partial charge in [0.25, 0.3) is 0 Å². The van der Waals surface area contributed by atoms with Gasteiger partial charge in [0.05, 0.1) is 21.7 Å². The molecule has 2 heterocycles. The zero-order valence-corrected chi connectivity index (χ0v) is 10.6. The fourth-order valence-corrected chi connectivity index (χ4v) is 2.95. The molecule has 0 bridgehead atoms. The lowest BCUT2D eigenvalue weighted by Crippen LogP contribution is -2.08. The highest BCUT2D eigenvalue weighted by molar-refractivity contribution is 7.13. The van der Waals surface area contributed by atoms with Crippen LogP contribution in [-0.4, -0.2) is 23.5 Å². The minimum Gasteiger partial charge on any atom is -0.378 e. The third kappa shape index (κ3) is 2.68. The van der Waals surface area contributed by atoms with Gasteiger partial charge in [-0.25, -0.2) is 4.98 Å². The predicted molar refractivity (Wildman–Crippen MR) is 64.1 cm³/mol. The quantitative estimate of drug-likeness (QED) is 0.758. The van der Waals surface area contributed by atoms with Gasteiger partial charge >= 0.3 is 0 Å². The van der Waals surface area contributed by atoms with Crippen molar-refractivity contribution >= 4 is 17.1 Å². The summed E-state index contributed by atoms with van der Waals surface area (Å²) in [4.78, 5) is 17.1. The van der Waals surface area contributed by atoms with Crippen molar-refractivity contribution in [3.05, 3.63) is 15.6 Å². The molecular formula is C12H17NO2S. The van der Waals surface area contributed by atoms with E-state index in [1.165, 1.54) is 11.3 Å². The number of aryl methyl sites for hydroxylation is 2. The molecule has 0 amide bonds. The summed E-state index contributed by atoms with van der Waals surface area (Å²) in [5.74, 6) is 0.221. The fourth-order valence-electron chi connectivity index (χ4n) is 2.07. The second-order valence-corrected chi connectivity index (χ2v) is 5.45. The second-order valence-electron chi connectivity index (χ2n) is 4.24. The van der Waals surface area contributed by atoms with E-state index >= 15 is 0 Å². The van der Waals surface area contributed by atoms with E-state index in [0.717, 1.165) is 41.4 Å². The largest absolute Gasteiger partial charge is 0.378 e. The van der Waals surface area contributed by atoms with E-state index in [2.05, 4.69) is 4.98 Å². The van der Waals surface area contributed by atoms with Crippen LogP contribution in [0.25, 0.3) is 0 Å². The van der Waals surface area contributed by atoms with Gasteiger partial charge in [0.1, 0.15) is 0 Å². The lowest BCUT2D eigenvalue weighted by atomic mass is 10.1. The first-order valence-electron chi connectivity index (χ1n) is 5.75. The fraction of sp³-hybridized carbons (Fsp3) is 0.667. The molecular weight excluding hydrogens is 222 g/mol. The van der Waals surface area contributed by atoms with Crippen LogP contribution in [0.3, 0.4) is 0 Å². The highest BCUT2D eigenvalue weighted by Crippen LogP contribution is 2.22. The van der Waals surface area contributed by atoms with Crippen molar-refractivity contribution in [3.8, 4) is 0 Å². The number of thiazole rings is 1. The van der Waals surface area contributed by atoms with E-state index in [1.807, 2.05) is 13.8 Å². The molecule has 1 aromatic heterocycles. The molecule has 1 aliphatic rings. The minimum absolute atomic E-state index is 0.221. The Kier molecular flexibility index (Phi) is 3.71. The van der Waals surface area contributed by atoms with E-state index in [1.54, 1.807) is 0 Å². The van der Waals surface area contributed by atoms with Crippen LogP contribution in [-0.2, 0) is 4.74 Å². The summed E-state index contributed by atoms with van der Waals surface area (Å²) in [6, 6.07) is 0. The van der Waals surface area contributed by atoms with Crippen LogP contribution in [0.2, 0.25) is 0 Å². The number of hydrogen-bond donors (Lipinski definition) is 0. The maximum absolute atomic E-state index is 12.0. The Labute approximate surface area is 99.8 Å². The number of ether oxygens (including phenoxy) is 1. The van der Waals surface area contributed by atoms with E-state index < -0.39 is 0 Å². The molecule has 1 saturated heterocycles. The Bertz CT molecular complexity index is 380. The zero-order chi connectivity index (χ0) is 11.5. The van der Waals surface area contributed by atoms with Crippen LogP contribution >= 0.6 is 11.3 Å². The maximum Gasteiger partial charge on any atom is 0.174 e. The number of rotatable bonds is 4. The van der Waals surface area contributed by atoms with Crippen LogP contribution in [0.15, 0.2) is 0 Å². The van der Waals surface area contributed by atoms with Gasteiger partial charge < -0.3 is 4.74 Å². The molecule has 4 heteroatoms. The maximum atomic E-state index is 12.0. The number of aromatic nitrogens is 1. The number of carbonyl (C=O) groups is 1. The first-order chi connectivity index (χ1) is 7.66. The molecule has 0 aromatic carbocycles. The van der Waals surface area contributed by atoms with Gasteiger partial charge in [0.2, 0.25) is 0 Å². The molecule has 2 rings (SSSR count). The molecule has 0 radical (unpaired) electrons. The molecule has 1 fully saturated rings. The topological polar surface area (TPSA) is 39.2 Å². The Hall–Kier alpha value is -0.740. The van der Waals surface area contributed by atoms with Crippen LogP contribution < -0.4 is 0 Å². The molecule has 0 saturated carbocycles. The normalized spacial score (nSPS) is 20.2. The summed E-state index contributed by atoms with van der Waals surface area (Å²) in [5, 5.41) is 0.970. The molecule has 0 N–H and O–H groups in total. The van der Waals surface area contributed by atoms with Crippen molar-refractivity contribution in [1.82, 2.24) is 4.98 Å². The van der Waals surface area contributed by atoms with Gasteiger partial charge in [-0.05, 0) is 33.1 Å². The van der Waals surface area contributed by atoms with E-state index in [4.69, 9.17) is 4.74 Å². The SMILES string of the molecule is Cc1nc(C)c(C(=O)CCC2CCCO2)s1. The Morgan fingerprint density at radius 3 is 2.94 bits per heavy atom. The average molecular weight is 239 g/mol. The first kappa shape index (κ1) is 11.7. The molecule has 3 nitrogen and oxygen atoms in total. The van der Waals surface area contributed by atoms with E-state index in [9.17, 15) is 4.79 Å². The molecule has 16 heavy (non-hydrogen) atoms. The molecule has 1 aromatic rings. The van der Waals surface area contributed by atoms with E-state index in [-0.39, 0.29) is 5.78 Å². The third-order valence-corrected chi connectivity index (χ3v) is 3.99. The number of Topliss-reactive ketones (excluding diaryl/α,β-unsaturated/α-hetero) is 1. The summed E-state index contributed by atoms with van der Waals surface area (Å²) < 4.78 is 5.51. The Morgan fingerprint density at radius 1 is 1.56 bits per heavy atom. The number of ketones is 1. The Balaban J connectivity index is 1.90. The number of hydrogen-bond acceptors (Lipinski definition) is 4. The minimum atomic E-state index is 0.221. The molecule has 1 unspecified atom stereocenters. The van der Waals surface area contributed by atoms with Gasteiger partial charge in [-0.15, -0.1) is 11.3 Å². The molecule has 0 aliphatic carbocycles. The van der Waals surface area contributed by atoms with Crippen molar-refractivity contribution < 1.29 is 9.53 Å².